The lowest BCUT2D eigenvalue weighted by Gasteiger charge is -2.06. The molecule has 0 unspecified atom stereocenters. The number of nitrogen functional groups attached to an aromatic ring is 1. The molecule has 0 atom stereocenters. The van der Waals surface area contributed by atoms with Crippen LogP contribution in [0.15, 0.2) is 10.5 Å². The number of nitrogens with zero attached hydrogens (tertiary/aromatic N) is 3. The summed E-state index contributed by atoms with van der Waals surface area (Å²) in [5.41, 5.74) is 3.39. The normalized spacial score (nSPS) is 10.4. The zero-order valence-corrected chi connectivity index (χ0v) is 10.6. The van der Waals surface area contributed by atoms with E-state index in [1.807, 2.05) is 13.8 Å². The second-order valence-corrected chi connectivity index (χ2v) is 3.93. The van der Waals surface area contributed by atoms with Crippen molar-refractivity contribution in [1.82, 2.24) is 15.0 Å². The van der Waals surface area contributed by atoms with Gasteiger partial charge in [-0.3, -0.25) is 0 Å². The molecule has 2 heterocycles. The van der Waals surface area contributed by atoms with Crippen LogP contribution in [0.5, 0.6) is 0 Å². The fourth-order valence-electron chi connectivity index (χ4n) is 1.51. The minimum absolute atomic E-state index is 0.467. The van der Waals surface area contributed by atoms with Crippen molar-refractivity contribution in [1.29, 1.82) is 0 Å². The molecule has 0 aromatic carbocycles. The van der Waals surface area contributed by atoms with Gasteiger partial charge in [0.05, 0.1) is 12.2 Å². The number of aryl methyl sites for hydroxylation is 3. The predicted molar refractivity (Wildman–Crippen MR) is 67.9 cm³/mol. The molecule has 2 rings (SSSR count). The first-order valence-electron chi connectivity index (χ1n) is 5.57. The zero-order chi connectivity index (χ0) is 13.1. The third-order valence-corrected chi connectivity index (χ3v) is 2.48. The smallest absolute Gasteiger partial charge is 0.213 e. The fourth-order valence-corrected chi connectivity index (χ4v) is 1.51. The summed E-state index contributed by atoms with van der Waals surface area (Å²) in [4.78, 5) is 12.6. The first-order chi connectivity index (χ1) is 8.58. The first kappa shape index (κ1) is 12.3. The van der Waals surface area contributed by atoms with E-state index in [-0.39, 0.29) is 0 Å². The molecule has 0 saturated carbocycles. The molecule has 0 bridgehead atoms. The van der Waals surface area contributed by atoms with Crippen LogP contribution in [-0.4, -0.2) is 15.0 Å². The lowest BCUT2D eigenvalue weighted by Crippen LogP contribution is -2.11. The number of nitrogens with one attached hydrogen (secondary N) is 2. The largest absolute Gasteiger partial charge is 0.444 e. The highest BCUT2D eigenvalue weighted by atomic mass is 16.4. The average Bonchev–Trinajstić information content (AvgIpc) is 2.65. The third kappa shape index (κ3) is 2.75. The lowest BCUT2D eigenvalue weighted by atomic mass is 10.4. The molecule has 96 valence electrons. The van der Waals surface area contributed by atoms with Crippen LogP contribution in [0.1, 0.15) is 23.2 Å². The standard InChI is InChI=1S/C11H16N6O/c1-6-7(2)18-11(14-6)5-13-9-4-10(17-12)16-8(3)15-9/h4H,5,12H2,1-3H3,(H2,13,15,16,17). The Balaban J connectivity index is 2.07. The number of hydrogen-bond acceptors (Lipinski definition) is 7. The highest BCUT2D eigenvalue weighted by molar-refractivity contribution is 5.46. The van der Waals surface area contributed by atoms with Gasteiger partial charge in [0.1, 0.15) is 23.2 Å². The monoisotopic (exact) mass is 248 g/mol. The van der Waals surface area contributed by atoms with E-state index in [4.69, 9.17) is 10.3 Å². The van der Waals surface area contributed by atoms with E-state index in [1.165, 1.54) is 0 Å². The highest BCUT2D eigenvalue weighted by Gasteiger charge is 2.06. The minimum atomic E-state index is 0.467. The fraction of sp³-hybridized carbons (Fsp3) is 0.364. The molecule has 18 heavy (non-hydrogen) atoms. The Bertz CT molecular complexity index is 531. The molecular formula is C11H16N6O. The molecule has 2 aromatic heterocycles. The number of anilines is 2. The van der Waals surface area contributed by atoms with Crippen LogP contribution in [0.3, 0.4) is 0 Å². The van der Waals surface area contributed by atoms with Gasteiger partial charge in [-0.05, 0) is 20.8 Å². The maximum absolute atomic E-state index is 5.47. The van der Waals surface area contributed by atoms with E-state index in [9.17, 15) is 0 Å². The Morgan fingerprint density at radius 1 is 1.17 bits per heavy atom. The molecule has 0 spiro atoms. The van der Waals surface area contributed by atoms with E-state index in [0.29, 0.717) is 29.9 Å². The lowest BCUT2D eigenvalue weighted by molar-refractivity contribution is 0.478. The Morgan fingerprint density at radius 2 is 1.89 bits per heavy atom. The van der Waals surface area contributed by atoms with Gasteiger partial charge in [0, 0.05) is 6.07 Å². The van der Waals surface area contributed by atoms with Crippen LogP contribution in [0.4, 0.5) is 11.6 Å². The van der Waals surface area contributed by atoms with Crippen molar-refractivity contribution in [3.63, 3.8) is 0 Å². The molecule has 7 heteroatoms. The second-order valence-electron chi connectivity index (χ2n) is 3.93. The van der Waals surface area contributed by atoms with E-state index in [0.717, 1.165) is 11.5 Å². The summed E-state index contributed by atoms with van der Waals surface area (Å²) in [5.74, 6) is 8.64. The van der Waals surface area contributed by atoms with Gasteiger partial charge >= 0.3 is 0 Å². The summed E-state index contributed by atoms with van der Waals surface area (Å²) in [6.45, 7) is 6.06. The number of oxazole rings is 1. The van der Waals surface area contributed by atoms with Gasteiger partial charge < -0.3 is 15.2 Å². The van der Waals surface area contributed by atoms with Gasteiger partial charge in [-0.2, -0.15) is 0 Å². The summed E-state index contributed by atoms with van der Waals surface area (Å²) >= 11 is 0. The van der Waals surface area contributed by atoms with Gasteiger partial charge in [-0.25, -0.2) is 20.8 Å². The molecule has 0 aliphatic rings. The van der Waals surface area contributed by atoms with Crippen LogP contribution in [0.2, 0.25) is 0 Å². The second kappa shape index (κ2) is 5.01. The molecule has 7 nitrogen and oxygen atoms in total. The first-order valence-corrected chi connectivity index (χ1v) is 5.57. The summed E-state index contributed by atoms with van der Waals surface area (Å²) in [6, 6.07) is 1.72. The van der Waals surface area contributed by atoms with Crippen LogP contribution >= 0.6 is 0 Å². The van der Waals surface area contributed by atoms with E-state index in [1.54, 1.807) is 13.0 Å². The van der Waals surface area contributed by atoms with Crippen molar-refractivity contribution >= 4 is 11.6 Å². The summed E-state index contributed by atoms with van der Waals surface area (Å²) < 4.78 is 5.47. The predicted octanol–water partition coefficient (Wildman–Crippen LogP) is 1.29. The van der Waals surface area contributed by atoms with Crippen LogP contribution in [0, 0.1) is 20.8 Å². The SMILES string of the molecule is Cc1nc(NN)cc(NCc2nc(C)c(C)o2)n1. The Kier molecular flexibility index (Phi) is 3.42. The number of nitrogens with two attached hydrogens (primary N) is 1. The molecular weight excluding hydrogens is 232 g/mol. The summed E-state index contributed by atoms with van der Waals surface area (Å²) in [5, 5.41) is 3.11. The number of rotatable bonds is 4. The maximum Gasteiger partial charge on any atom is 0.213 e. The van der Waals surface area contributed by atoms with E-state index < -0.39 is 0 Å². The topological polar surface area (TPSA) is 102 Å². The molecule has 0 saturated heterocycles. The Hall–Kier alpha value is -2.15. The molecule has 0 amide bonds. The van der Waals surface area contributed by atoms with Crippen LogP contribution in [0.25, 0.3) is 0 Å². The molecule has 0 fully saturated rings. The third-order valence-electron chi connectivity index (χ3n) is 2.48. The van der Waals surface area contributed by atoms with Gasteiger partial charge in [0.25, 0.3) is 0 Å². The quantitative estimate of drug-likeness (QED) is 0.553. The number of hydrogen-bond donors (Lipinski definition) is 3. The Labute approximate surface area is 105 Å². The van der Waals surface area contributed by atoms with Crippen molar-refractivity contribution in [3.8, 4) is 0 Å². The maximum atomic E-state index is 5.47. The van der Waals surface area contributed by atoms with Crippen molar-refractivity contribution < 1.29 is 4.42 Å². The van der Waals surface area contributed by atoms with Gasteiger partial charge in [-0.1, -0.05) is 0 Å². The summed E-state index contributed by atoms with van der Waals surface area (Å²) in [7, 11) is 0. The number of aromatic nitrogens is 3. The average molecular weight is 248 g/mol. The molecule has 2 aromatic rings. The van der Waals surface area contributed by atoms with Crippen molar-refractivity contribution in [2.24, 2.45) is 5.84 Å². The van der Waals surface area contributed by atoms with Crippen LogP contribution < -0.4 is 16.6 Å². The van der Waals surface area contributed by atoms with Gasteiger partial charge in [0.15, 0.2) is 0 Å². The molecule has 0 aliphatic heterocycles. The molecule has 4 N–H and O–H groups in total. The zero-order valence-electron chi connectivity index (χ0n) is 10.6. The summed E-state index contributed by atoms with van der Waals surface area (Å²) in [6.07, 6.45) is 0. The van der Waals surface area contributed by atoms with E-state index >= 15 is 0 Å². The van der Waals surface area contributed by atoms with Crippen molar-refractivity contribution in [2.75, 3.05) is 10.7 Å². The van der Waals surface area contributed by atoms with Crippen LogP contribution in [-0.2, 0) is 6.54 Å². The Morgan fingerprint density at radius 3 is 2.50 bits per heavy atom. The van der Waals surface area contributed by atoms with Crippen molar-refractivity contribution in [2.45, 2.75) is 27.3 Å². The molecule has 0 radical (unpaired) electrons. The molecule has 0 aliphatic carbocycles. The van der Waals surface area contributed by atoms with E-state index in [2.05, 4.69) is 25.7 Å². The highest BCUT2D eigenvalue weighted by Crippen LogP contribution is 2.13. The van der Waals surface area contributed by atoms with Gasteiger partial charge in [0.2, 0.25) is 5.89 Å². The number of hydrazine groups is 1. The van der Waals surface area contributed by atoms with Gasteiger partial charge in [-0.15, -0.1) is 0 Å². The van der Waals surface area contributed by atoms with Crippen molar-refractivity contribution in [3.05, 3.63) is 29.2 Å². The minimum Gasteiger partial charge on any atom is -0.444 e.